The third kappa shape index (κ3) is 3.23. The second-order valence-corrected chi connectivity index (χ2v) is 4.24. The fourth-order valence-electron chi connectivity index (χ4n) is 1.69. The molecule has 1 aromatic carbocycles. The summed E-state index contributed by atoms with van der Waals surface area (Å²) in [6.07, 6.45) is 3.34. The molecule has 2 aromatic rings. The molecule has 1 heterocycles. The molecule has 0 fully saturated rings. The lowest BCUT2D eigenvalue weighted by atomic mass is 10.1. The van der Waals surface area contributed by atoms with Crippen LogP contribution in [0.3, 0.4) is 0 Å². The number of hydrogen-bond acceptors (Lipinski definition) is 4. The number of halogens is 1. The molecule has 0 saturated heterocycles. The maximum atomic E-state index is 11.2. The number of esters is 1. The van der Waals surface area contributed by atoms with Gasteiger partial charge in [-0.15, -0.1) is 0 Å². The van der Waals surface area contributed by atoms with E-state index in [2.05, 4.69) is 15.0 Å². The minimum Gasteiger partial charge on any atom is -0.468 e. The van der Waals surface area contributed by atoms with Gasteiger partial charge in [-0.25, -0.2) is 0 Å². The predicted octanol–water partition coefficient (Wildman–Crippen LogP) is 2.99. The molecule has 0 aliphatic heterocycles. The van der Waals surface area contributed by atoms with E-state index in [9.17, 15) is 4.79 Å². The number of nitrogens with zero attached hydrogens (tertiary/aromatic N) is 1. The predicted molar refractivity (Wildman–Crippen MR) is 75.2 cm³/mol. The first kappa shape index (κ1) is 13.4. The Balaban J connectivity index is 2.31. The molecule has 0 aliphatic rings. The van der Waals surface area contributed by atoms with Crippen LogP contribution < -0.4 is 5.32 Å². The van der Waals surface area contributed by atoms with Gasteiger partial charge in [-0.1, -0.05) is 29.8 Å². The average Bonchev–Trinajstić information content (AvgIpc) is 2.45. The second kappa shape index (κ2) is 6.20. The fraction of sp³-hybridized carbons (Fsp3) is 0.143. The zero-order valence-corrected chi connectivity index (χ0v) is 11.1. The van der Waals surface area contributed by atoms with Crippen molar-refractivity contribution in [2.24, 2.45) is 0 Å². The van der Waals surface area contributed by atoms with E-state index in [1.807, 2.05) is 30.3 Å². The molecule has 98 valence electrons. The standard InChI is InChI=1S/C14H13ClN2O2/c1-19-14(18)9-17-13-8-16-7-6-11(13)10-4-2-3-5-12(10)15/h2-8,17H,9H2,1H3. The lowest BCUT2D eigenvalue weighted by Crippen LogP contribution is -2.15. The van der Waals surface area contributed by atoms with Crippen molar-refractivity contribution in [2.75, 3.05) is 19.0 Å². The van der Waals surface area contributed by atoms with Crippen LogP contribution in [-0.2, 0) is 9.53 Å². The number of anilines is 1. The highest BCUT2D eigenvalue weighted by molar-refractivity contribution is 6.33. The van der Waals surface area contributed by atoms with Gasteiger partial charge in [0.1, 0.15) is 6.54 Å². The topological polar surface area (TPSA) is 51.2 Å². The highest BCUT2D eigenvalue weighted by atomic mass is 35.5. The number of nitrogens with one attached hydrogen (secondary N) is 1. The Labute approximate surface area is 116 Å². The van der Waals surface area contributed by atoms with Gasteiger partial charge in [0, 0.05) is 22.3 Å². The number of rotatable bonds is 4. The Morgan fingerprint density at radius 3 is 2.84 bits per heavy atom. The highest BCUT2D eigenvalue weighted by Crippen LogP contribution is 2.32. The van der Waals surface area contributed by atoms with Crippen LogP contribution in [0.1, 0.15) is 0 Å². The highest BCUT2D eigenvalue weighted by Gasteiger charge is 2.09. The fourth-order valence-corrected chi connectivity index (χ4v) is 1.93. The van der Waals surface area contributed by atoms with Crippen molar-refractivity contribution in [1.82, 2.24) is 4.98 Å². The van der Waals surface area contributed by atoms with Gasteiger partial charge in [-0.05, 0) is 12.1 Å². The van der Waals surface area contributed by atoms with Crippen molar-refractivity contribution >= 4 is 23.3 Å². The number of pyridine rings is 1. The monoisotopic (exact) mass is 276 g/mol. The van der Waals surface area contributed by atoms with Gasteiger partial charge in [0.25, 0.3) is 0 Å². The number of carbonyl (C=O) groups excluding carboxylic acids is 1. The Hall–Kier alpha value is -2.07. The molecule has 0 unspecified atom stereocenters. The molecule has 0 bridgehead atoms. The van der Waals surface area contributed by atoms with E-state index < -0.39 is 0 Å². The Kier molecular flexibility index (Phi) is 4.36. The first-order valence-electron chi connectivity index (χ1n) is 5.72. The van der Waals surface area contributed by atoms with Gasteiger partial charge in [0.2, 0.25) is 0 Å². The third-order valence-corrected chi connectivity index (χ3v) is 2.97. The van der Waals surface area contributed by atoms with Gasteiger partial charge >= 0.3 is 5.97 Å². The number of carbonyl (C=O) groups is 1. The SMILES string of the molecule is COC(=O)CNc1cnccc1-c1ccccc1Cl. The first-order valence-corrected chi connectivity index (χ1v) is 6.09. The van der Waals surface area contributed by atoms with Crippen molar-refractivity contribution in [2.45, 2.75) is 0 Å². The summed E-state index contributed by atoms with van der Waals surface area (Å²) in [4.78, 5) is 15.2. The summed E-state index contributed by atoms with van der Waals surface area (Å²) >= 11 is 6.18. The van der Waals surface area contributed by atoms with Gasteiger partial charge in [0.05, 0.1) is 19.0 Å². The molecule has 0 atom stereocenters. The molecule has 0 amide bonds. The molecular weight excluding hydrogens is 264 g/mol. The van der Waals surface area contributed by atoms with Crippen LogP contribution in [0.5, 0.6) is 0 Å². The van der Waals surface area contributed by atoms with Gasteiger partial charge in [0.15, 0.2) is 0 Å². The summed E-state index contributed by atoms with van der Waals surface area (Å²) < 4.78 is 4.59. The van der Waals surface area contributed by atoms with E-state index in [-0.39, 0.29) is 12.5 Å². The maximum absolute atomic E-state index is 11.2. The molecule has 0 radical (unpaired) electrons. The normalized spacial score (nSPS) is 10.0. The molecule has 1 aromatic heterocycles. The first-order chi connectivity index (χ1) is 9.22. The minimum absolute atomic E-state index is 0.0830. The Bertz CT molecular complexity index is 587. The third-order valence-electron chi connectivity index (χ3n) is 2.64. The maximum Gasteiger partial charge on any atom is 0.325 e. The summed E-state index contributed by atoms with van der Waals surface area (Å²) in [5.41, 5.74) is 2.52. The van der Waals surface area contributed by atoms with E-state index >= 15 is 0 Å². The Morgan fingerprint density at radius 1 is 1.32 bits per heavy atom. The van der Waals surface area contributed by atoms with Crippen LogP contribution in [0, 0.1) is 0 Å². The van der Waals surface area contributed by atoms with Crippen LogP contribution in [0.4, 0.5) is 5.69 Å². The van der Waals surface area contributed by atoms with E-state index in [0.717, 1.165) is 16.8 Å². The van der Waals surface area contributed by atoms with Crippen molar-refractivity contribution < 1.29 is 9.53 Å². The summed E-state index contributed by atoms with van der Waals surface area (Å²) in [6, 6.07) is 9.36. The molecule has 0 saturated carbocycles. The van der Waals surface area contributed by atoms with Crippen molar-refractivity contribution in [3.05, 3.63) is 47.7 Å². The number of ether oxygens (including phenoxy) is 1. The quantitative estimate of drug-likeness (QED) is 0.872. The van der Waals surface area contributed by atoms with E-state index in [4.69, 9.17) is 11.6 Å². The number of aromatic nitrogens is 1. The van der Waals surface area contributed by atoms with E-state index in [1.165, 1.54) is 7.11 Å². The molecule has 0 aliphatic carbocycles. The molecule has 0 spiro atoms. The van der Waals surface area contributed by atoms with Crippen molar-refractivity contribution in [3.63, 3.8) is 0 Å². The Morgan fingerprint density at radius 2 is 2.11 bits per heavy atom. The van der Waals surface area contributed by atoms with E-state index in [0.29, 0.717) is 5.02 Å². The largest absolute Gasteiger partial charge is 0.468 e. The van der Waals surface area contributed by atoms with Crippen molar-refractivity contribution in [3.8, 4) is 11.1 Å². The molecule has 1 N–H and O–H groups in total. The second-order valence-electron chi connectivity index (χ2n) is 3.83. The summed E-state index contributed by atoms with van der Waals surface area (Å²) in [5, 5.41) is 3.64. The summed E-state index contributed by atoms with van der Waals surface area (Å²) in [5.74, 6) is -0.339. The smallest absolute Gasteiger partial charge is 0.325 e. The van der Waals surface area contributed by atoms with Crippen molar-refractivity contribution in [1.29, 1.82) is 0 Å². The van der Waals surface area contributed by atoms with Crippen LogP contribution in [0.2, 0.25) is 5.02 Å². The van der Waals surface area contributed by atoms with Crippen LogP contribution >= 0.6 is 11.6 Å². The zero-order chi connectivity index (χ0) is 13.7. The number of hydrogen-bond donors (Lipinski definition) is 1. The minimum atomic E-state index is -0.339. The molecule has 5 heteroatoms. The average molecular weight is 277 g/mol. The lowest BCUT2D eigenvalue weighted by molar-refractivity contribution is -0.138. The lowest BCUT2D eigenvalue weighted by Gasteiger charge is -2.11. The molecule has 19 heavy (non-hydrogen) atoms. The van der Waals surface area contributed by atoms with E-state index in [1.54, 1.807) is 12.4 Å². The molecular formula is C14H13ClN2O2. The summed E-state index contributed by atoms with van der Waals surface area (Å²) in [6.45, 7) is 0.0830. The van der Waals surface area contributed by atoms with Crippen LogP contribution in [0.15, 0.2) is 42.7 Å². The number of benzene rings is 1. The molecule has 4 nitrogen and oxygen atoms in total. The van der Waals surface area contributed by atoms with Gasteiger partial charge < -0.3 is 10.1 Å². The van der Waals surface area contributed by atoms with Gasteiger partial charge in [-0.3, -0.25) is 9.78 Å². The van der Waals surface area contributed by atoms with Crippen LogP contribution in [0.25, 0.3) is 11.1 Å². The zero-order valence-electron chi connectivity index (χ0n) is 10.4. The molecule has 2 rings (SSSR count). The number of methoxy groups -OCH3 is 1. The van der Waals surface area contributed by atoms with Gasteiger partial charge in [-0.2, -0.15) is 0 Å². The summed E-state index contributed by atoms with van der Waals surface area (Å²) in [7, 11) is 1.35. The van der Waals surface area contributed by atoms with Crippen LogP contribution in [-0.4, -0.2) is 24.6 Å².